The van der Waals surface area contributed by atoms with E-state index in [1.807, 2.05) is 39.0 Å². The van der Waals surface area contributed by atoms with Crippen molar-refractivity contribution in [3.05, 3.63) is 34.9 Å². The summed E-state index contributed by atoms with van der Waals surface area (Å²) in [4.78, 5) is 10.5. The number of benzene rings is 1. The van der Waals surface area contributed by atoms with E-state index in [9.17, 15) is 4.79 Å². The van der Waals surface area contributed by atoms with Crippen molar-refractivity contribution in [1.29, 1.82) is 0 Å². The summed E-state index contributed by atoms with van der Waals surface area (Å²) in [5.41, 5.74) is 3.10. The molecule has 1 heteroatoms. The zero-order valence-electron chi connectivity index (χ0n) is 8.92. The van der Waals surface area contributed by atoms with E-state index in [2.05, 4.69) is 6.92 Å². The number of aldehydes is 1. The van der Waals surface area contributed by atoms with E-state index in [-0.39, 0.29) is 0 Å². The zero-order valence-corrected chi connectivity index (χ0v) is 8.92. The Morgan fingerprint density at radius 2 is 1.92 bits per heavy atom. The van der Waals surface area contributed by atoms with E-state index < -0.39 is 0 Å². The van der Waals surface area contributed by atoms with Crippen LogP contribution in [0.2, 0.25) is 0 Å². The van der Waals surface area contributed by atoms with Gasteiger partial charge in [-0.2, -0.15) is 0 Å². The lowest BCUT2D eigenvalue weighted by atomic mass is 10.0. The predicted octanol–water partition coefficient (Wildman–Crippen LogP) is 3.40. The topological polar surface area (TPSA) is 17.1 Å². The first-order chi connectivity index (χ1) is 6.27. The quantitative estimate of drug-likeness (QED) is 0.634. The fourth-order valence-corrected chi connectivity index (χ4v) is 1.15. The summed E-state index contributed by atoms with van der Waals surface area (Å²) in [6.07, 6.45) is 1.85. The Bertz CT molecular complexity index is 264. The van der Waals surface area contributed by atoms with E-state index in [1.165, 1.54) is 0 Å². The SMILES string of the molecule is CC.CCc1ccc(C)cc1C=O. The van der Waals surface area contributed by atoms with Gasteiger partial charge in [-0.15, -0.1) is 0 Å². The Hall–Kier alpha value is -1.11. The molecule has 1 aromatic rings. The van der Waals surface area contributed by atoms with Gasteiger partial charge in [-0.3, -0.25) is 4.79 Å². The van der Waals surface area contributed by atoms with E-state index in [0.717, 1.165) is 29.4 Å². The maximum atomic E-state index is 10.5. The highest BCUT2D eigenvalue weighted by Gasteiger charge is 1.97. The van der Waals surface area contributed by atoms with Crippen LogP contribution in [-0.4, -0.2) is 6.29 Å². The molecule has 0 heterocycles. The summed E-state index contributed by atoms with van der Waals surface area (Å²) in [6, 6.07) is 5.97. The first-order valence-corrected chi connectivity index (χ1v) is 4.82. The molecule has 0 atom stereocenters. The number of hydrogen-bond acceptors (Lipinski definition) is 1. The van der Waals surface area contributed by atoms with Crippen molar-refractivity contribution in [3.63, 3.8) is 0 Å². The zero-order chi connectivity index (χ0) is 10.3. The molecule has 0 unspecified atom stereocenters. The molecule has 0 aliphatic rings. The molecule has 0 radical (unpaired) electrons. The van der Waals surface area contributed by atoms with Gasteiger partial charge < -0.3 is 0 Å². The molecule has 0 N–H and O–H groups in total. The van der Waals surface area contributed by atoms with E-state index >= 15 is 0 Å². The lowest BCUT2D eigenvalue weighted by Gasteiger charge is -2.01. The molecule has 72 valence electrons. The monoisotopic (exact) mass is 178 g/mol. The number of rotatable bonds is 2. The van der Waals surface area contributed by atoms with E-state index in [1.54, 1.807) is 0 Å². The van der Waals surface area contributed by atoms with Crippen molar-refractivity contribution in [2.45, 2.75) is 34.1 Å². The minimum Gasteiger partial charge on any atom is -0.298 e. The lowest BCUT2D eigenvalue weighted by Crippen LogP contribution is -1.90. The van der Waals surface area contributed by atoms with Gasteiger partial charge in [0.15, 0.2) is 0 Å². The molecule has 0 spiro atoms. The molecule has 13 heavy (non-hydrogen) atoms. The molecule has 0 bridgehead atoms. The molecule has 0 amide bonds. The third-order valence-electron chi connectivity index (χ3n) is 1.81. The van der Waals surface area contributed by atoms with Gasteiger partial charge in [-0.05, 0) is 25.0 Å². The van der Waals surface area contributed by atoms with Gasteiger partial charge in [0.1, 0.15) is 6.29 Å². The third-order valence-corrected chi connectivity index (χ3v) is 1.81. The molecule has 1 rings (SSSR count). The summed E-state index contributed by atoms with van der Waals surface area (Å²) in [5.74, 6) is 0. The minimum absolute atomic E-state index is 0.826. The normalized spacial score (nSPS) is 8.62. The van der Waals surface area contributed by atoms with Gasteiger partial charge in [-0.25, -0.2) is 0 Å². The first-order valence-electron chi connectivity index (χ1n) is 4.82. The molecular weight excluding hydrogens is 160 g/mol. The summed E-state index contributed by atoms with van der Waals surface area (Å²) < 4.78 is 0. The van der Waals surface area contributed by atoms with Gasteiger partial charge in [0, 0.05) is 5.56 Å². The Morgan fingerprint density at radius 3 is 2.38 bits per heavy atom. The van der Waals surface area contributed by atoms with Crippen LogP contribution in [-0.2, 0) is 6.42 Å². The van der Waals surface area contributed by atoms with Crippen molar-refractivity contribution in [3.8, 4) is 0 Å². The van der Waals surface area contributed by atoms with Crippen molar-refractivity contribution < 1.29 is 4.79 Å². The van der Waals surface area contributed by atoms with Crippen LogP contribution in [0.15, 0.2) is 18.2 Å². The molecule has 0 saturated carbocycles. The van der Waals surface area contributed by atoms with Gasteiger partial charge in [0.25, 0.3) is 0 Å². The van der Waals surface area contributed by atoms with Gasteiger partial charge in [-0.1, -0.05) is 38.5 Å². The van der Waals surface area contributed by atoms with Gasteiger partial charge >= 0.3 is 0 Å². The predicted molar refractivity (Wildman–Crippen MR) is 57.3 cm³/mol. The van der Waals surface area contributed by atoms with Crippen molar-refractivity contribution in [2.24, 2.45) is 0 Å². The molecule has 0 aliphatic heterocycles. The van der Waals surface area contributed by atoms with E-state index in [4.69, 9.17) is 0 Å². The van der Waals surface area contributed by atoms with Crippen LogP contribution in [0.1, 0.15) is 42.3 Å². The molecule has 1 aromatic carbocycles. The lowest BCUT2D eigenvalue weighted by molar-refractivity contribution is 0.112. The average Bonchev–Trinajstić information content (AvgIpc) is 2.20. The minimum atomic E-state index is 0.826. The van der Waals surface area contributed by atoms with Crippen LogP contribution in [0.4, 0.5) is 0 Å². The summed E-state index contributed by atoms with van der Waals surface area (Å²) in [5, 5.41) is 0. The Kier molecular flexibility index (Phi) is 5.86. The highest BCUT2D eigenvalue weighted by atomic mass is 16.1. The summed E-state index contributed by atoms with van der Waals surface area (Å²) >= 11 is 0. The van der Waals surface area contributed by atoms with E-state index in [0.29, 0.717) is 0 Å². The molecule has 1 nitrogen and oxygen atoms in total. The standard InChI is InChI=1S/C10H12O.C2H6/c1-3-9-5-4-8(2)6-10(9)7-11;1-2/h4-7H,3H2,1-2H3;1-2H3. The molecule has 0 saturated heterocycles. The van der Waals surface area contributed by atoms with Crippen LogP contribution in [0.25, 0.3) is 0 Å². The third kappa shape index (κ3) is 3.41. The highest BCUT2D eigenvalue weighted by molar-refractivity contribution is 5.77. The Labute approximate surface area is 80.8 Å². The number of hydrogen-bond donors (Lipinski definition) is 0. The Morgan fingerprint density at radius 1 is 1.31 bits per heavy atom. The van der Waals surface area contributed by atoms with Crippen LogP contribution >= 0.6 is 0 Å². The largest absolute Gasteiger partial charge is 0.298 e. The molecular formula is C12H18O. The van der Waals surface area contributed by atoms with Gasteiger partial charge in [0.2, 0.25) is 0 Å². The first kappa shape index (κ1) is 11.9. The Balaban J connectivity index is 0.000000671. The summed E-state index contributed by atoms with van der Waals surface area (Å²) in [6.45, 7) is 8.05. The highest BCUT2D eigenvalue weighted by Crippen LogP contribution is 2.09. The fraction of sp³-hybridized carbons (Fsp3) is 0.417. The molecule has 0 aromatic heterocycles. The smallest absolute Gasteiger partial charge is 0.150 e. The number of aryl methyl sites for hydroxylation is 2. The van der Waals surface area contributed by atoms with Crippen molar-refractivity contribution in [2.75, 3.05) is 0 Å². The van der Waals surface area contributed by atoms with Crippen LogP contribution in [0.3, 0.4) is 0 Å². The van der Waals surface area contributed by atoms with Crippen molar-refractivity contribution in [1.82, 2.24) is 0 Å². The van der Waals surface area contributed by atoms with Gasteiger partial charge in [0.05, 0.1) is 0 Å². The second-order valence-corrected chi connectivity index (χ2v) is 2.67. The fourth-order valence-electron chi connectivity index (χ4n) is 1.15. The second kappa shape index (κ2) is 6.41. The van der Waals surface area contributed by atoms with Crippen LogP contribution < -0.4 is 0 Å². The number of carbonyl (C=O) groups is 1. The maximum absolute atomic E-state index is 10.5. The number of carbonyl (C=O) groups excluding carboxylic acids is 1. The second-order valence-electron chi connectivity index (χ2n) is 2.67. The van der Waals surface area contributed by atoms with Crippen LogP contribution in [0.5, 0.6) is 0 Å². The molecule has 0 aliphatic carbocycles. The summed E-state index contributed by atoms with van der Waals surface area (Å²) in [7, 11) is 0. The van der Waals surface area contributed by atoms with Crippen LogP contribution in [0, 0.1) is 6.92 Å². The average molecular weight is 178 g/mol. The molecule has 0 fully saturated rings. The maximum Gasteiger partial charge on any atom is 0.150 e. The van der Waals surface area contributed by atoms with Crippen molar-refractivity contribution >= 4 is 6.29 Å².